The molecule has 0 saturated carbocycles. The summed E-state index contributed by atoms with van der Waals surface area (Å²) in [6.45, 7) is 6.02. The number of piperidine rings is 1. The molecule has 124 valence electrons. The second-order valence-corrected chi connectivity index (χ2v) is 6.31. The first-order chi connectivity index (χ1) is 11.2. The SMILES string of the molecule is CCc1noc([C@@H](C)N2CCC([C@@H](O)c3ccccc3)CC2)n1. The van der Waals surface area contributed by atoms with E-state index < -0.39 is 0 Å². The van der Waals surface area contributed by atoms with Gasteiger partial charge in [-0.25, -0.2) is 0 Å². The number of likely N-dealkylation sites (tertiary alicyclic amines) is 1. The van der Waals surface area contributed by atoms with Crippen molar-refractivity contribution in [2.75, 3.05) is 13.1 Å². The van der Waals surface area contributed by atoms with Gasteiger partial charge in [0.1, 0.15) is 0 Å². The van der Waals surface area contributed by atoms with Crippen molar-refractivity contribution in [1.82, 2.24) is 15.0 Å². The molecule has 0 amide bonds. The number of hydrogen-bond acceptors (Lipinski definition) is 5. The molecule has 1 aliphatic heterocycles. The molecule has 1 aromatic heterocycles. The third-order valence-corrected chi connectivity index (χ3v) is 4.87. The highest BCUT2D eigenvalue weighted by Gasteiger charge is 2.30. The summed E-state index contributed by atoms with van der Waals surface area (Å²) in [6, 6.07) is 10.1. The lowest BCUT2D eigenvalue weighted by Crippen LogP contribution is -2.37. The second kappa shape index (κ2) is 7.23. The Morgan fingerprint density at radius 1 is 1.26 bits per heavy atom. The van der Waals surface area contributed by atoms with Crippen molar-refractivity contribution >= 4 is 0 Å². The summed E-state index contributed by atoms with van der Waals surface area (Å²) in [5.41, 5.74) is 1.02. The molecule has 1 fully saturated rings. The minimum atomic E-state index is -0.372. The summed E-state index contributed by atoms with van der Waals surface area (Å²) >= 11 is 0. The molecule has 3 rings (SSSR count). The van der Waals surface area contributed by atoms with Crippen LogP contribution in [0.3, 0.4) is 0 Å². The Kier molecular flexibility index (Phi) is 5.08. The van der Waals surface area contributed by atoms with Crippen molar-refractivity contribution in [2.24, 2.45) is 5.92 Å². The second-order valence-electron chi connectivity index (χ2n) is 6.31. The van der Waals surface area contributed by atoms with Gasteiger partial charge in [-0.1, -0.05) is 42.4 Å². The molecular formula is C18H25N3O2. The van der Waals surface area contributed by atoms with Crippen molar-refractivity contribution in [3.8, 4) is 0 Å². The molecule has 23 heavy (non-hydrogen) atoms. The van der Waals surface area contributed by atoms with Crippen LogP contribution in [0.25, 0.3) is 0 Å². The van der Waals surface area contributed by atoms with Gasteiger partial charge in [0.15, 0.2) is 5.82 Å². The van der Waals surface area contributed by atoms with Crippen LogP contribution in [0.1, 0.15) is 56.1 Å². The van der Waals surface area contributed by atoms with Gasteiger partial charge in [0.2, 0.25) is 5.89 Å². The fourth-order valence-electron chi connectivity index (χ4n) is 3.28. The molecular weight excluding hydrogens is 290 g/mol. The number of aliphatic hydroxyl groups is 1. The Labute approximate surface area is 137 Å². The van der Waals surface area contributed by atoms with E-state index >= 15 is 0 Å². The highest BCUT2D eigenvalue weighted by atomic mass is 16.5. The van der Waals surface area contributed by atoms with E-state index in [2.05, 4.69) is 22.0 Å². The minimum Gasteiger partial charge on any atom is -0.388 e. The molecule has 1 aliphatic rings. The summed E-state index contributed by atoms with van der Waals surface area (Å²) in [5.74, 6) is 1.78. The Balaban J connectivity index is 1.57. The quantitative estimate of drug-likeness (QED) is 0.918. The Morgan fingerprint density at radius 3 is 2.57 bits per heavy atom. The average molecular weight is 315 g/mol. The first-order valence-electron chi connectivity index (χ1n) is 8.48. The molecule has 0 unspecified atom stereocenters. The van der Waals surface area contributed by atoms with Gasteiger partial charge in [-0.2, -0.15) is 4.98 Å². The normalized spacial score (nSPS) is 19.6. The summed E-state index contributed by atoms with van der Waals surface area (Å²) in [6.07, 6.45) is 2.38. The van der Waals surface area contributed by atoms with E-state index in [0.717, 1.165) is 43.7 Å². The number of aryl methyl sites for hydroxylation is 1. The van der Waals surface area contributed by atoms with Crippen LogP contribution in [0.15, 0.2) is 34.9 Å². The first-order valence-corrected chi connectivity index (χ1v) is 8.48. The molecule has 2 aromatic rings. The maximum Gasteiger partial charge on any atom is 0.243 e. The summed E-state index contributed by atoms with van der Waals surface area (Å²) in [5, 5.41) is 14.5. The Morgan fingerprint density at radius 2 is 1.96 bits per heavy atom. The molecule has 2 heterocycles. The fraction of sp³-hybridized carbons (Fsp3) is 0.556. The Bertz CT molecular complexity index is 606. The highest BCUT2D eigenvalue weighted by Crippen LogP contribution is 2.33. The maximum absolute atomic E-state index is 10.6. The van der Waals surface area contributed by atoms with E-state index in [4.69, 9.17) is 4.52 Å². The van der Waals surface area contributed by atoms with Crippen LogP contribution in [-0.4, -0.2) is 33.2 Å². The maximum atomic E-state index is 10.6. The van der Waals surface area contributed by atoms with E-state index in [9.17, 15) is 5.11 Å². The van der Waals surface area contributed by atoms with Crippen LogP contribution in [0.2, 0.25) is 0 Å². The third kappa shape index (κ3) is 3.62. The van der Waals surface area contributed by atoms with E-state index in [1.54, 1.807) is 0 Å². The summed E-state index contributed by atoms with van der Waals surface area (Å²) in [7, 11) is 0. The number of hydrogen-bond donors (Lipinski definition) is 1. The predicted octanol–water partition coefficient (Wildman–Crippen LogP) is 3.14. The predicted molar refractivity (Wildman–Crippen MR) is 87.8 cm³/mol. The molecule has 0 radical (unpaired) electrons. The van der Waals surface area contributed by atoms with Gasteiger partial charge in [0.25, 0.3) is 0 Å². The van der Waals surface area contributed by atoms with Crippen molar-refractivity contribution in [3.05, 3.63) is 47.6 Å². The lowest BCUT2D eigenvalue weighted by Gasteiger charge is -2.36. The van der Waals surface area contributed by atoms with Crippen molar-refractivity contribution in [1.29, 1.82) is 0 Å². The van der Waals surface area contributed by atoms with Gasteiger partial charge in [-0.3, -0.25) is 4.90 Å². The van der Waals surface area contributed by atoms with Crippen molar-refractivity contribution < 1.29 is 9.63 Å². The smallest absolute Gasteiger partial charge is 0.243 e. The van der Waals surface area contributed by atoms with Crippen molar-refractivity contribution in [2.45, 2.75) is 45.3 Å². The highest BCUT2D eigenvalue weighted by molar-refractivity contribution is 5.18. The zero-order chi connectivity index (χ0) is 16.2. The fourth-order valence-corrected chi connectivity index (χ4v) is 3.28. The molecule has 1 N–H and O–H groups in total. The number of rotatable bonds is 5. The first kappa shape index (κ1) is 16.1. The molecule has 2 atom stereocenters. The number of aliphatic hydroxyl groups excluding tert-OH is 1. The van der Waals surface area contributed by atoms with E-state index in [-0.39, 0.29) is 12.1 Å². The van der Waals surface area contributed by atoms with Crippen LogP contribution in [-0.2, 0) is 6.42 Å². The average Bonchev–Trinajstić information content (AvgIpc) is 3.10. The standard InChI is InChI=1S/C18H25N3O2/c1-3-16-19-18(23-20-16)13(2)21-11-9-15(10-12-21)17(22)14-7-5-4-6-8-14/h4-8,13,15,17,22H,3,9-12H2,1-2H3/t13-,17+/m1/s1. The minimum absolute atomic E-state index is 0.137. The monoisotopic (exact) mass is 315 g/mol. The topological polar surface area (TPSA) is 62.4 Å². The molecule has 5 nitrogen and oxygen atoms in total. The molecule has 1 saturated heterocycles. The van der Waals surface area contributed by atoms with E-state index in [1.807, 2.05) is 37.3 Å². The lowest BCUT2D eigenvalue weighted by atomic mass is 9.87. The van der Waals surface area contributed by atoms with Crippen LogP contribution < -0.4 is 0 Å². The van der Waals surface area contributed by atoms with Crippen LogP contribution in [0, 0.1) is 5.92 Å². The van der Waals surface area contributed by atoms with Crippen molar-refractivity contribution in [3.63, 3.8) is 0 Å². The van der Waals surface area contributed by atoms with Gasteiger partial charge in [-0.15, -0.1) is 0 Å². The van der Waals surface area contributed by atoms with Crippen LogP contribution in [0.4, 0.5) is 0 Å². The van der Waals surface area contributed by atoms with Gasteiger partial charge >= 0.3 is 0 Å². The zero-order valence-electron chi connectivity index (χ0n) is 13.9. The molecule has 5 heteroatoms. The van der Waals surface area contributed by atoms with Gasteiger partial charge in [0.05, 0.1) is 12.1 Å². The largest absolute Gasteiger partial charge is 0.388 e. The number of nitrogens with zero attached hydrogens (tertiary/aromatic N) is 3. The van der Waals surface area contributed by atoms with Gasteiger partial charge in [0, 0.05) is 6.42 Å². The Hall–Kier alpha value is -1.72. The zero-order valence-corrected chi connectivity index (χ0v) is 13.9. The molecule has 0 aliphatic carbocycles. The summed E-state index contributed by atoms with van der Waals surface area (Å²) < 4.78 is 5.36. The summed E-state index contributed by atoms with van der Waals surface area (Å²) in [4.78, 5) is 6.80. The van der Waals surface area contributed by atoms with Crippen LogP contribution >= 0.6 is 0 Å². The van der Waals surface area contributed by atoms with Gasteiger partial charge in [-0.05, 0) is 44.3 Å². The van der Waals surface area contributed by atoms with Crippen LogP contribution in [0.5, 0.6) is 0 Å². The molecule has 0 bridgehead atoms. The van der Waals surface area contributed by atoms with Gasteiger partial charge < -0.3 is 9.63 Å². The number of aromatic nitrogens is 2. The lowest BCUT2D eigenvalue weighted by molar-refractivity contribution is 0.0420. The third-order valence-electron chi connectivity index (χ3n) is 4.87. The van der Waals surface area contributed by atoms with E-state index in [0.29, 0.717) is 11.8 Å². The molecule has 1 aromatic carbocycles. The van der Waals surface area contributed by atoms with E-state index in [1.165, 1.54) is 0 Å². The number of benzene rings is 1. The molecule has 0 spiro atoms.